The van der Waals surface area contributed by atoms with Crippen molar-refractivity contribution in [1.29, 1.82) is 0 Å². The number of rotatable bonds is 5. The second kappa shape index (κ2) is 6.01. The fourth-order valence-electron chi connectivity index (χ4n) is 3.72. The first-order valence-electron chi connectivity index (χ1n) is 7.75. The van der Waals surface area contributed by atoms with E-state index in [0.29, 0.717) is 5.92 Å². The Hall–Kier alpha value is -1.40. The average Bonchev–Trinajstić information content (AvgIpc) is 3.08. The number of amides is 1. The van der Waals surface area contributed by atoms with Crippen LogP contribution in [0.25, 0.3) is 0 Å². The van der Waals surface area contributed by atoms with Gasteiger partial charge in [-0.1, -0.05) is 18.6 Å². The standard InChI is InChI=1S/C16H22N2O3S/c1-22(20,21)17-10-11-3-6-14(7-4-11)18-16(19)15-9-12-2-5-13(15)8-12/h3-4,6-7,12-13,15,17H,2,5,8-10H2,1H3,(H,18,19). The monoisotopic (exact) mass is 322 g/mol. The first-order valence-corrected chi connectivity index (χ1v) is 9.64. The molecule has 0 heterocycles. The summed E-state index contributed by atoms with van der Waals surface area (Å²) < 4.78 is 24.6. The molecule has 5 nitrogen and oxygen atoms in total. The van der Waals surface area contributed by atoms with Crippen molar-refractivity contribution in [3.63, 3.8) is 0 Å². The van der Waals surface area contributed by atoms with Crippen molar-refractivity contribution >= 4 is 21.6 Å². The van der Waals surface area contributed by atoms with Gasteiger partial charge in [-0.2, -0.15) is 0 Å². The van der Waals surface area contributed by atoms with Crippen LogP contribution in [0.1, 0.15) is 31.2 Å². The SMILES string of the molecule is CS(=O)(=O)NCc1ccc(NC(=O)C2CC3CCC2C3)cc1. The molecule has 3 unspecified atom stereocenters. The highest BCUT2D eigenvalue weighted by atomic mass is 32.2. The molecule has 1 aromatic carbocycles. The first kappa shape index (κ1) is 15.5. The molecule has 1 amide bonds. The minimum atomic E-state index is -3.19. The van der Waals surface area contributed by atoms with Gasteiger partial charge in [0.2, 0.25) is 15.9 Å². The molecule has 0 aromatic heterocycles. The van der Waals surface area contributed by atoms with E-state index in [0.717, 1.165) is 29.8 Å². The highest BCUT2D eigenvalue weighted by Gasteiger charge is 2.42. The summed E-state index contributed by atoms with van der Waals surface area (Å²) in [4.78, 5) is 12.3. The second-order valence-electron chi connectivity index (χ2n) is 6.56. The normalized spacial score (nSPS) is 27.0. The van der Waals surface area contributed by atoms with Crippen molar-refractivity contribution in [1.82, 2.24) is 4.72 Å². The summed E-state index contributed by atoms with van der Waals surface area (Å²) in [6, 6.07) is 7.30. The summed E-state index contributed by atoms with van der Waals surface area (Å²) in [5, 5.41) is 2.99. The van der Waals surface area contributed by atoms with Gasteiger partial charge >= 0.3 is 0 Å². The quantitative estimate of drug-likeness (QED) is 0.872. The maximum atomic E-state index is 12.3. The molecule has 2 aliphatic rings. The second-order valence-corrected chi connectivity index (χ2v) is 8.39. The van der Waals surface area contributed by atoms with Gasteiger partial charge in [-0.25, -0.2) is 13.1 Å². The molecule has 120 valence electrons. The minimum Gasteiger partial charge on any atom is -0.326 e. The Bertz CT molecular complexity index is 654. The highest BCUT2D eigenvalue weighted by molar-refractivity contribution is 7.88. The third-order valence-corrected chi connectivity index (χ3v) is 5.50. The van der Waals surface area contributed by atoms with Crippen LogP contribution >= 0.6 is 0 Å². The smallest absolute Gasteiger partial charge is 0.227 e. The number of carbonyl (C=O) groups is 1. The fraction of sp³-hybridized carbons (Fsp3) is 0.562. The van der Waals surface area contributed by atoms with E-state index in [-0.39, 0.29) is 18.4 Å². The molecule has 0 saturated heterocycles. The lowest BCUT2D eigenvalue weighted by Gasteiger charge is -2.20. The summed E-state index contributed by atoms with van der Waals surface area (Å²) in [7, 11) is -3.19. The van der Waals surface area contributed by atoms with E-state index in [4.69, 9.17) is 0 Å². The number of hydrogen-bond donors (Lipinski definition) is 2. The van der Waals surface area contributed by atoms with Crippen LogP contribution in [0.4, 0.5) is 5.69 Å². The molecule has 3 rings (SSSR count). The molecule has 2 fully saturated rings. The van der Waals surface area contributed by atoms with E-state index >= 15 is 0 Å². The molecule has 0 radical (unpaired) electrons. The average molecular weight is 322 g/mol. The van der Waals surface area contributed by atoms with Crippen LogP contribution in [-0.2, 0) is 21.4 Å². The Morgan fingerprint density at radius 2 is 1.91 bits per heavy atom. The van der Waals surface area contributed by atoms with Gasteiger partial charge in [0.15, 0.2) is 0 Å². The molecule has 1 aromatic rings. The van der Waals surface area contributed by atoms with Crippen LogP contribution in [0.5, 0.6) is 0 Å². The zero-order valence-corrected chi connectivity index (χ0v) is 13.5. The minimum absolute atomic E-state index is 0.134. The van der Waals surface area contributed by atoms with Crippen molar-refractivity contribution in [2.45, 2.75) is 32.2 Å². The van der Waals surface area contributed by atoms with E-state index < -0.39 is 10.0 Å². The van der Waals surface area contributed by atoms with Crippen molar-refractivity contribution in [3.8, 4) is 0 Å². The molecule has 2 saturated carbocycles. The third kappa shape index (κ3) is 3.67. The van der Waals surface area contributed by atoms with Crippen LogP contribution in [-0.4, -0.2) is 20.6 Å². The van der Waals surface area contributed by atoms with Crippen LogP contribution in [0.2, 0.25) is 0 Å². The summed E-state index contributed by atoms with van der Waals surface area (Å²) in [6.07, 6.45) is 5.87. The van der Waals surface area contributed by atoms with Gasteiger partial charge in [0.25, 0.3) is 0 Å². The van der Waals surface area contributed by atoms with Gasteiger partial charge in [-0.3, -0.25) is 4.79 Å². The number of fused-ring (bicyclic) bond motifs is 2. The lowest BCUT2D eigenvalue weighted by molar-refractivity contribution is -0.121. The number of sulfonamides is 1. The maximum Gasteiger partial charge on any atom is 0.227 e. The van der Waals surface area contributed by atoms with Crippen LogP contribution in [0, 0.1) is 17.8 Å². The van der Waals surface area contributed by atoms with Gasteiger partial charge in [0.1, 0.15) is 0 Å². The number of nitrogens with one attached hydrogen (secondary N) is 2. The van der Waals surface area contributed by atoms with Crippen LogP contribution in [0.3, 0.4) is 0 Å². The van der Waals surface area contributed by atoms with Gasteiger partial charge in [-0.05, 0) is 48.8 Å². The maximum absolute atomic E-state index is 12.3. The molecule has 2 N–H and O–H groups in total. The molecule has 0 aliphatic heterocycles. The van der Waals surface area contributed by atoms with Crippen molar-refractivity contribution in [2.75, 3.05) is 11.6 Å². The summed E-state index contributed by atoms with van der Waals surface area (Å²) in [5.41, 5.74) is 1.64. The van der Waals surface area contributed by atoms with E-state index in [9.17, 15) is 13.2 Å². The summed E-state index contributed by atoms with van der Waals surface area (Å²) in [5.74, 6) is 1.63. The lowest BCUT2D eigenvalue weighted by Crippen LogP contribution is -2.27. The lowest BCUT2D eigenvalue weighted by atomic mass is 9.88. The van der Waals surface area contributed by atoms with Crippen molar-refractivity contribution < 1.29 is 13.2 Å². The van der Waals surface area contributed by atoms with Crippen molar-refractivity contribution in [2.24, 2.45) is 17.8 Å². The van der Waals surface area contributed by atoms with E-state index in [1.165, 1.54) is 19.3 Å². The van der Waals surface area contributed by atoms with E-state index in [1.807, 2.05) is 24.3 Å². The number of anilines is 1. The molecule has 6 heteroatoms. The van der Waals surface area contributed by atoms with Crippen molar-refractivity contribution in [3.05, 3.63) is 29.8 Å². The van der Waals surface area contributed by atoms with Gasteiger partial charge in [0.05, 0.1) is 6.26 Å². The molecular weight excluding hydrogens is 300 g/mol. The molecule has 22 heavy (non-hydrogen) atoms. The Morgan fingerprint density at radius 1 is 1.18 bits per heavy atom. The van der Waals surface area contributed by atoms with E-state index in [2.05, 4.69) is 10.0 Å². The van der Waals surface area contributed by atoms with Gasteiger partial charge in [-0.15, -0.1) is 0 Å². The molecule has 3 atom stereocenters. The first-order chi connectivity index (χ1) is 10.4. The molecule has 2 aliphatic carbocycles. The third-order valence-electron chi connectivity index (χ3n) is 4.83. The number of carbonyl (C=O) groups excluding carboxylic acids is 1. The zero-order valence-electron chi connectivity index (χ0n) is 12.7. The predicted molar refractivity (Wildman–Crippen MR) is 85.7 cm³/mol. The predicted octanol–water partition coefficient (Wildman–Crippen LogP) is 2.11. The van der Waals surface area contributed by atoms with E-state index in [1.54, 1.807) is 0 Å². The highest BCUT2D eigenvalue weighted by Crippen LogP contribution is 2.48. The zero-order chi connectivity index (χ0) is 15.7. The van der Waals surface area contributed by atoms with Gasteiger partial charge in [0, 0.05) is 18.2 Å². The number of benzene rings is 1. The van der Waals surface area contributed by atoms with Gasteiger partial charge < -0.3 is 5.32 Å². The Balaban J connectivity index is 1.56. The summed E-state index contributed by atoms with van der Waals surface area (Å²) >= 11 is 0. The van der Waals surface area contributed by atoms with Crippen LogP contribution < -0.4 is 10.0 Å². The van der Waals surface area contributed by atoms with Crippen LogP contribution in [0.15, 0.2) is 24.3 Å². The fourth-order valence-corrected chi connectivity index (χ4v) is 4.15. The molecule has 0 spiro atoms. The summed E-state index contributed by atoms with van der Waals surface area (Å²) in [6.45, 7) is 0.263. The number of hydrogen-bond acceptors (Lipinski definition) is 3. The topological polar surface area (TPSA) is 75.3 Å². The molecule has 2 bridgehead atoms. The molecular formula is C16H22N2O3S. The Labute approximate surface area is 131 Å². The Morgan fingerprint density at radius 3 is 2.45 bits per heavy atom. The largest absolute Gasteiger partial charge is 0.326 e. The Kier molecular flexibility index (Phi) is 4.23.